The molecule has 0 fully saturated rings. The van der Waals surface area contributed by atoms with Gasteiger partial charge in [0.1, 0.15) is 4.34 Å². The number of thiophene rings is 1. The average molecular weight is 401 g/mol. The summed E-state index contributed by atoms with van der Waals surface area (Å²) in [5, 5.41) is 8.59. The minimum atomic E-state index is -1.01. The van der Waals surface area contributed by atoms with Gasteiger partial charge in [0, 0.05) is 15.1 Å². The van der Waals surface area contributed by atoms with Gasteiger partial charge in [-0.15, -0.1) is 24.0 Å². The second kappa shape index (κ2) is 7.40. The summed E-state index contributed by atoms with van der Waals surface area (Å²) in [6.07, 6.45) is 0. The Balaban J connectivity index is 0.000000200. The molecule has 0 saturated carbocycles. The van der Waals surface area contributed by atoms with Crippen molar-refractivity contribution in [2.45, 2.75) is 4.90 Å². The minimum absolute atomic E-state index is 0.124. The van der Waals surface area contributed by atoms with E-state index < -0.39 is 5.97 Å². The van der Waals surface area contributed by atoms with Crippen molar-refractivity contribution in [3.63, 3.8) is 0 Å². The highest BCUT2D eigenvalue weighted by molar-refractivity contribution is 9.10. The summed E-state index contributed by atoms with van der Waals surface area (Å²) >= 11 is 19.6. The van der Waals surface area contributed by atoms with Crippen LogP contribution in [0.15, 0.2) is 33.6 Å². The smallest absolute Gasteiger partial charge is 0.337 e. The van der Waals surface area contributed by atoms with Crippen molar-refractivity contribution < 1.29 is 9.90 Å². The van der Waals surface area contributed by atoms with Gasteiger partial charge in [0.2, 0.25) is 0 Å². The maximum atomic E-state index is 10.5. The van der Waals surface area contributed by atoms with E-state index in [-0.39, 0.29) is 11.3 Å². The average Bonchev–Trinajstić information content (AvgIpc) is 2.60. The number of hydrogen-bond acceptors (Lipinski definition) is 4. The van der Waals surface area contributed by atoms with Gasteiger partial charge in [0.25, 0.3) is 0 Å². The number of aromatic carboxylic acids is 1. The van der Waals surface area contributed by atoms with Crippen molar-refractivity contribution in [3.8, 4) is 0 Å². The number of rotatable bonds is 1. The Morgan fingerprint density at radius 3 is 2.32 bits per heavy atom. The number of nitrogen functional groups attached to an aromatic ring is 1. The molecule has 2 aromatic rings. The summed E-state index contributed by atoms with van der Waals surface area (Å²) in [5.41, 5.74) is 5.79. The van der Waals surface area contributed by atoms with E-state index in [4.69, 9.17) is 34.0 Å². The van der Waals surface area contributed by atoms with Crippen LogP contribution in [0.25, 0.3) is 0 Å². The van der Waals surface area contributed by atoms with Gasteiger partial charge in [0.05, 0.1) is 9.90 Å². The monoisotopic (exact) mass is 399 g/mol. The molecule has 0 radical (unpaired) electrons. The van der Waals surface area contributed by atoms with Gasteiger partial charge >= 0.3 is 5.97 Å². The number of hydrogen-bond donors (Lipinski definition) is 3. The molecule has 2 rings (SSSR count). The molecular formula is C11H8BrCl2NO2S2. The highest BCUT2D eigenvalue weighted by atomic mass is 79.9. The van der Waals surface area contributed by atoms with Crippen molar-refractivity contribution in [3.05, 3.63) is 43.0 Å². The van der Waals surface area contributed by atoms with E-state index in [1.54, 1.807) is 18.2 Å². The molecular weight excluding hydrogens is 393 g/mol. The fraction of sp³-hybridized carbons (Fsp3) is 0. The van der Waals surface area contributed by atoms with Crippen LogP contribution >= 0.6 is 63.1 Å². The first kappa shape index (κ1) is 16.7. The molecule has 0 unspecified atom stereocenters. The van der Waals surface area contributed by atoms with E-state index >= 15 is 0 Å². The molecule has 0 bridgehead atoms. The molecule has 0 aliphatic rings. The molecule has 1 aromatic carbocycles. The summed E-state index contributed by atoms with van der Waals surface area (Å²) in [6, 6.07) is 6.44. The van der Waals surface area contributed by atoms with E-state index in [1.807, 2.05) is 0 Å². The fourth-order valence-electron chi connectivity index (χ4n) is 1.05. The van der Waals surface area contributed by atoms with Crippen molar-refractivity contribution in [2.75, 3.05) is 5.73 Å². The van der Waals surface area contributed by atoms with Crippen LogP contribution in [-0.2, 0) is 0 Å². The SMILES string of the molecule is Nc1ccc(Br)cc1C(=O)O.Sc1cc(Cl)sc1Cl. The Morgan fingerprint density at radius 1 is 1.37 bits per heavy atom. The van der Waals surface area contributed by atoms with Crippen LogP contribution in [0, 0.1) is 0 Å². The Hall–Kier alpha value is -0.400. The highest BCUT2D eigenvalue weighted by Gasteiger charge is 2.06. The van der Waals surface area contributed by atoms with Crippen LogP contribution in [0.5, 0.6) is 0 Å². The summed E-state index contributed by atoms with van der Waals surface area (Å²) < 4.78 is 2.04. The van der Waals surface area contributed by atoms with Gasteiger partial charge in [-0.3, -0.25) is 0 Å². The predicted molar refractivity (Wildman–Crippen MR) is 87.1 cm³/mol. The first-order chi connectivity index (χ1) is 8.81. The molecule has 0 aliphatic heterocycles. The molecule has 0 aliphatic carbocycles. The zero-order chi connectivity index (χ0) is 14.6. The number of halogens is 3. The van der Waals surface area contributed by atoms with Gasteiger partial charge < -0.3 is 10.8 Å². The van der Waals surface area contributed by atoms with Crippen LogP contribution in [0.3, 0.4) is 0 Å². The normalized spacial score (nSPS) is 9.68. The molecule has 3 nitrogen and oxygen atoms in total. The minimum Gasteiger partial charge on any atom is -0.478 e. The fourth-order valence-corrected chi connectivity index (χ4v) is 3.11. The van der Waals surface area contributed by atoms with Crippen molar-refractivity contribution in [2.24, 2.45) is 0 Å². The lowest BCUT2D eigenvalue weighted by Crippen LogP contribution is -2.01. The maximum Gasteiger partial charge on any atom is 0.337 e. The predicted octanol–water partition coefficient (Wildman–Crippen LogP) is 5.07. The first-order valence-corrected chi connectivity index (χ1v) is 7.54. The molecule has 19 heavy (non-hydrogen) atoms. The van der Waals surface area contributed by atoms with Crippen LogP contribution < -0.4 is 5.73 Å². The maximum absolute atomic E-state index is 10.5. The summed E-state index contributed by atoms with van der Waals surface area (Å²) in [5.74, 6) is -1.01. The second-order valence-electron chi connectivity index (χ2n) is 3.25. The number of carboxylic acids is 1. The number of benzene rings is 1. The molecule has 1 aromatic heterocycles. The standard InChI is InChI=1S/C7H6BrNO2.C4H2Cl2S2/c8-4-1-2-6(9)5(3-4)7(10)11;5-3-1-2(7)4(6)8-3/h1-3H,9H2,(H,10,11);1,7H. The van der Waals surface area contributed by atoms with Gasteiger partial charge in [-0.2, -0.15) is 0 Å². The largest absolute Gasteiger partial charge is 0.478 e. The topological polar surface area (TPSA) is 63.3 Å². The van der Waals surface area contributed by atoms with Crippen LogP contribution in [0.1, 0.15) is 10.4 Å². The van der Waals surface area contributed by atoms with E-state index in [0.29, 0.717) is 13.1 Å². The van der Waals surface area contributed by atoms with Gasteiger partial charge in [-0.1, -0.05) is 39.1 Å². The van der Waals surface area contributed by atoms with Crippen LogP contribution in [0.2, 0.25) is 8.67 Å². The van der Waals surface area contributed by atoms with E-state index in [1.165, 1.54) is 17.4 Å². The molecule has 102 valence electrons. The Labute approximate surface area is 137 Å². The zero-order valence-electron chi connectivity index (χ0n) is 9.23. The third-order valence-corrected chi connectivity index (χ3v) is 4.50. The number of thiol groups is 1. The summed E-state index contributed by atoms with van der Waals surface area (Å²) in [4.78, 5) is 11.2. The number of nitrogens with two attached hydrogens (primary N) is 1. The Kier molecular flexibility index (Phi) is 6.49. The van der Waals surface area contributed by atoms with Crippen molar-refractivity contribution >= 4 is 74.8 Å². The van der Waals surface area contributed by atoms with Gasteiger partial charge in [-0.05, 0) is 24.3 Å². The van der Waals surface area contributed by atoms with E-state index in [9.17, 15) is 4.79 Å². The second-order valence-corrected chi connectivity index (χ2v) is 6.93. The van der Waals surface area contributed by atoms with Crippen LogP contribution in [-0.4, -0.2) is 11.1 Å². The lowest BCUT2D eigenvalue weighted by atomic mass is 10.2. The zero-order valence-corrected chi connectivity index (χ0v) is 14.0. The molecule has 8 heteroatoms. The summed E-state index contributed by atoms with van der Waals surface area (Å²) in [7, 11) is 0. The van der Waals surface area contributed by atoms with E-state index in [2.05, 4.69) is 28.6 Å². The Bertz CT molecular complexity index is 585. The lowest BCUT2D eigenvalue weighted by molar-refractivity contribution is 0.0698. The van der Waals surface area contributed by atoms with Gasteiger partial charge in [-0.25, -0.2) is 4.79 Å². The molecule has 0 spiro atoms. The quantitative estimate of drug-likeness (QED) is 0.462. The van der Waals surface area contributed by atoms with Gasteiger partial charge in [0.15, 0.2) is 0 Å². The number of anilines is 1. The Morgan fingerprint density at radius 2 is 2.00 bits per heavy atom. The molecule has 1 heterocycles. The van der Waals surface area contributed by atoms with Crippen molar-refractivity contribution in [1.82, 2.24) is 0 Å². The lowest BCUT2D eigenvalue weighted by Gasteiger charge is -1.99. The highest BCUT2D eigenvalue weighted by Crippen LogP contribution is 2.33. The third kappa shape index (κ3) is 5.24. The van der Waals surface area contributed by atoms with E-state index in [0.717, 1.165) is 4.90 Å². The van der Waals surface area contributed by atoms with Crippen LogP contribution in [0.4, 0.5) is 5.69 Å². The number of carboxylic acid groups (broad SMARTS) is 1. The molecule has 0 saturated heterocycles. The third-order valence-electron chi connectivity index (χ3n) is 1.88. The van der Waals surface area contributed by atoms with Crippen molar-refractivity contribution in [1.29, 1.82) is 0 Å². The summed E-state index contributed by atoms with van der Waals surface area (Å²) in [6.45, 7) is 0. The first-order valence-electron chi connectivity index (χ1n) is 4.73. The molecule has 0 amide bonds. The number of carbonyl (C=O) groups is 1. The molecule has 3 N–H and O–H groups in total. The molecule has 0 atom stereocenters.